The first-order valence-electron chi connectivity index (χ1n) is 8.87. The molecule has 1 aliphatic carbocycles. The minimum Gasteiger partial charge on any atom is -0.330 e. The fraction of sp³-hybridized carbons (Fsp3) is 0.364. The number of ketones is 2. The Bertz CT molecular complexity index is 829. The molecule has 4 heteroatoms. The van der Waals surface area contributed by atoms with Crippen LogP contribution in [-0.2, 0) is 9.59 Å². The minimum atomic E-state index is -0.697. The maximum Gasteiger partial charge on any atom is 0.148 e. The molecule has 0 heterocycles. The molecule has 3 nitrogen and oxygen atoms in total. The molecule has 0 amide bonds. The molecule has 3 rings (SSSR count). The van der Waals surface area contributed by atoms with Crippen LogP contribution in [0, 0.1) is 25.1 Å². The topological polar surface area (TPSA) is 60.2 Å². The molecule has 0 aliphatic heterocycles. The normalized spacial score (nSPS) is 23.3. The third-order valence-electron chi connectivity index (χ3n) is 5.40. The summed E-state index contributed by atoms with van der Waals surface area (Å²) in [4.78, 5) is 25.5. The lowest BCUT2D eigenvalue weighted by Gasteiger charge is -2.35. The van der Waals surface area contributed by atoms with E-state index < -0.39 is 11.3 Å². The summed E-state index contributed by atoms with van der Waals surface area (Å²) in [5.41, 5.74) is 9.82. The van der Waals surface area contributed by atoms with Gasteiger partial charge in [-0.3, -0.25) is 9.59 Å². The second kappa shape index (κ2) is 6.76. The number of Topliss-reactive ketones (excluding diaryl/α,β-unsaturated/α-hetero) is 2. The summed E-state index contributed by atoms with van der Waals surface area (Å²) < 4.78 is 13.2. The van der Waals surface area contributed by atoms with Crippen LogP contribution < -0.4 is 5.73 Å². The molecule has 0 saturated heterocycles. The lowest BCUT2D eigenvalue weighted by Crippen LogP contribution is -2.42. The molecule has 0 bridgehead atoms. The van der Waals surface area contributed by atoms with Crippen molar-refractivity contribution in [2.75, 3.05) is 6.54 Å². The van der Waals surface area contributed by atoms with Crippen LogP contribution in [-0.4, -0.2) is 18.1 Å². The van der Waals surface area contributed by atoms with Crippen molar-refractivity contribution in [3.05, 3.63) is 58.9 Å². The Balaban J connectivity index is 2.00. The van der Waals surface area contributed by atoms with E-state index in [-0.39, 0.29) is 17.4 Å². The Labute approximate surface area is 153 Å². The second-order valence-corrected chi connectivity index (χ2v) is 7.76. The molecule has 0 radical (unpaired) electrons. The van der Waals surface area contributed by atoms with E-state index in [1.54, 1.807) is 12.1 Å². The molecule has 26 heavy (non-hydrogen) atoms. The average Bonchev–Trinajstić information content (AvgIpc) is 2.57. The van der Waals surface area contributed by atoms with Gasteiger partial charge in [-0.15, -0.1) is 0 Å². The van der Waals surface area contributed by atoms with Gasteiger partial charge in [-0.05, 0) is 65.8 Å². The first kappa shape index (κ1) is 18.5. The maximum absolute atomic E-state index is 13.2. The van der Waals surface area contributed by atoms with Gasteiger partial charge in [0.25, 0.3) is 0 Å². The summed E-state index contributed by atoms with van der Waals surface area (Å²) in [5.74, 6) is -1.07. The second-order valence-electron chi connectivity index (χ2n) is 7.76. The maximum atomic E-state index is 13.2. The van der Waals surface area contributed by atoms with Gasteiger partial charge in [0.2, 0.25) is 0 Å². The molecule has 2 aromatic carbocycles. The van der Waals surface area contributed by atoms with Crippen molar-refractivity contribution in [3.63, 3.8) is 0 Å². The Morgan fingerprint density at radius 2 is 1.50 bits per heavy atom. The van der Waals surface area contributed by atoms with Crippen molar-refractivity contribution in [1.82, 2.24) is 0 Å². The molecule has 136 valence electrons. The van der Waals surface area contributed by atoms with Gasteiger partial charge in [0.1, 0.15) is 23.3 Å². The molecule has 2 N–H and O–H groups in total. The Morgan fingerprint density at radius 1 is 1.00 bits per heavy atom. The van der Waals surface area contributed by atoms with E-state index in [4.69, 9.17) is 5.73 Å². The molecule has 2 aromatic rings. The summed E-state index contributed by atoms with van der Waals surface area (Å²) in [6, 6.07) is 10.2. The van der Waals surface area contributed by atoms with Crippen molar-refractivity contribution >= 4 is 11.6 Å². The summed E-state index contributed by atoms with van der Waals surface area (Å²) in [6.07, 6.45) is 0.664. The lowest BCUT2D eigenvalue weighted by atomic mass is 9.67. The van der Waals surface area contributed by atoms with Crippen LogP contribution in [0.1, 0.15) is 42.4 Å². The highest BCUT2D eigenvalue weighted by molar-refractivity contribution is 6.10. The van der Waals surface area contributed by atoms with Gasteiger partial charge in [-0.1, -0.05) is 31.2 Å². The number of aryl methyl sites for hydroxylation is 2. The fourth-order valence-electron chi connectivity index (χ4n) is 3.99. The predicted molar refractivity (Wildman–Crippen MR) is 100 cm³/mol. The standard InChI is InChI=1S/C22H24FNO2/c1-13-8-16(15-4-6-17(23)7-5-15)9-14(2)20(13)21-18(25)10-22(3,12-24)11-19(21)26/h4-9,21H,10-12,24H2,1-3H3. The molecule has 0 atom stereocenters. The Kier molecular flexibility index (Phi) is 4.80. The van der Waals surface area contributed by atoms with Crippen LogP contribution in [0.2, 0.25) is 0 Å². The quantitative estimate of drug-likeness (QED) is 0.846. The van der Waals surface area contributed by atoms with Crippen LogP contribution in [0.3, 0.4) is 0 Å². The van der Waals surface area contributed by atoms with E-state index >= 15 is 0 Å². The zero-order chi connectivity index (χ0) is 19.1. The molecule has 0 aromatic heterocycles. The van der Waals surface area contributed by atoms with Gasteiger partial charge in [0.05, 0.1) is 0 Å². The van der Waals surface area contributed by atoms with Crippen molar-refractivity contribution in [3.8, 4) is 11.1 Å². The Hall–Kier alpha value is -2.33. The van der Waals surface area contributed by atoms with Gasteiger partial charge >= 0.3 is 0 Å². The molecular formula is C22H24FNO2. The smallest absolute Gasteiger partial charge is 0.148 e. The van der Waals surface area contributed by atoms with Crippen molar-refractivity contribution in [2.24, 2.45) is 11.1 Å². The average molecular weight is 353 g/mol. The van der Waals surface area contributed by atoms with Gasteiger partial charge < -0.3 is 5.73 Å². The first-order chi connectivity index (χ1) is 12.2. The highest BCUT2D eigenvalue weighted by Gasteiger charge is 2.43. The summed E-state index contributed by atoms with van der Waals surface area (Å²) in [5, 5.41) is 0. The predicted octanol–water partition coefficient (Wildman–Crippen LogP) is 4.09. The Morgan fingerprint density at radius 3 is 1.96 bits per heavy atom. The van der Waals surface area contributed by atoms with Crippen molar-refractivity contribution in [1.29, 1.82) is 0 Å². The number of rotatable bonds is 3. The third kappa shape index (κ3) is 3.34. The number of halogens is 1. The van der Waals surface area contributed by atoms with Gasteiger partial charge in [0.15, 0.2) is 0 Å². The molecule has 1 saturated carbocycles. The number of hydrogen-bond donors (Lipinski definition) is 1. The highest BCUT2D eigenvalue weighted by atomic mass is 19.1. The van der Waals surface area contributed by atoms with Crippen molar-refractivity contribution < 1.29 is 14.0 Å². The van der Waals surface area contributed by atoms with Crippen LogP contribution in [0.15, 0.2) is 36.4 Å². The molecular weight excluding hydrogens is 329 g/mol. The molecule has 1 fully saturated rings. The number of hydrogen-bond acceptors (Lipinski definition) is 3. The molecule has 1 aliphatic rings. The summed E-state index contributed by atoms with van der Waals surface area (Å²) in [7, 11) is 0. The van der Waals surface area contributed by atoms with Crippen LogP contribution in [0.4, 0.5) is 4.39 Å². The first-order valence-corrected chi connectivity index (χ1v) is 8.87. The van der Waals surface area contributed by atoms with Crippen LogP contribution >= 0.6 is 0 Å². The van der Waals surface area contributed by atoms with E-state index in [1.165, 1.54) is 12.1 Å². The van der Waals surface area contributed by atoms with Gasteiger partial charge in [-0.25, -0.2) is 4.39 Å². The van der Waals surface area contributed by atoms with E-state index in [0.717, 1.165) is 27.8 Å². The zero-order valence-electron chi connectivity index (χ0n) is 15.4. The monoisotopic (exact) mass is 353 g/mol. The van der Waals surface area contributed by atoms with E-state index in [9.17, 15) is 14.0 Å². The van der Waals surface area contributed by atoms with Crippen molar-refractivity contribution in [2.45, 2.75) is 39.5 Å². The lowest BCUT2D eigenvalue weighted by molar-refractivity contribution is -0.136. The number of nitrogens with two attached hydrogens (primary N) is 1. The van der Waals surface area contributed by atoms with E-state index in [0.29, 0.717) is 19.4 Å². The minimum absolute atomic E-state index is 0.0464. The van der Waals surface area contributed by atoms with Crippen LogP contribution in [0.25, 0.3) is 11.1 Å². The largest absolute Gasteiger partial charge is 0.330 e. The van der Waals surface area contributed by atoms with Gasteiger partial charge in [0, 0.05) is 12.8 Å². The molecule has 0 spiro atoms. The van der Waals surface area contributed by atoms with E-state index in [1.807, 2.05) is 32.9 Å². The summed E-state index contributed by atoms with van der Waals surface area (Å²) in [6.45, 7) is 6.08. The van der Waals surface area contributed by atoms with Gasteiger partial charge in [-0.2, -0.15) is 0 Å². The highest BCUT2D eigenvalue weighted by Crippen LogP contribution is 2.40. The fourth-order valence-corrected chi connectivity index (χ4v) is 3.99. The molecule has 0 unspecified atom stereocenters. The number of benzene rings is 2. The number of carbonyl (C=O) groups is 2. The van der Waals surface area contributed by atoms with E-state index in [2.05, 4.69) is 0 Å². The summed E-state index contributed by atoms with van der Waals surface area (Å²) >= 11 is 0. The zero-order valence-corrected chi connectivity index (χ0v) is 15.4. The third-order valence-corrected chi connectivity index (χ3v) is 5.40. The van der Waals surface area contributed by atoms with Crippen LogP contribution in [0.5, 0.6) is 0 Å². The SMILES string of the molecule is Cc1cc(-c2ccc(F)cc2)cc(C)c1C1C(=O)CC(C)(CN)CC1=O. The number of carbonyl (C=O) groups excluding carboxylic acids is 2.